The van der Waals surface area contributed by atoms with Crippen molar-refractivity contribution in [3.63, 3.8) is 0 Å². The topological polar surface area (TPSA) is 61.8 Å². The summed E-state index contributed by atoms with van der Waals surface area (Å²) in [4.78, 5) is 23.1. The first-order chi connectivity index (χ1) is 9.20. The van der Waals surface area contributed by atoms with Crippen LogP contribution in [0, 0.1) is 5.92 Å². The predicted molar refractivity (Wildman–Crippen MR) is 67.0 cm³/mol. The molecule has 0 aliphatic carbocycles. The molecule has 1 saturated heterocycles. The van der Waals surface area contributed by atoms with E-state index >= 15 is 0 Å². The van der Waals surface area contributed by atoms with Crippen LogP contribution in [0.4, 0.5) is 0 Å². The van der Waals surface area contributed by atoms with Gasteiger partial charge >= 0.3 is 11.9 Å². The highest BCUT2D eigenvalue weighted by atomic mass is 16.5. The van der Waals surface area contributed by atoms with Crippen molar-refractivity contribution in [3.05, 3.63) is 29.8 Å². The van der Waals surface area contributed by atoms with Gasteiger partial charge in [-0.2, -0.15) is 0 Å². The van der Waals surface area contributed by atoms with Gasteiger partial charge in [0.15, 0.2) is 0 Å². The van der Waals surface area contributed by atoms with Gasteiger partial charge in [0.05, 0.1) is 18.6 Å². The summed E-state index contributed by atoms with van der Waals surface area (Å²) in [6, 6.07) is 6.31. The zero-order valence-electron chi connectivity index (χ0n) is 10.8. The van der Waals surface area contributed by atoms with Crippen LogP contribution in [0.2, 0.25) is 0 Å². The van der Waals surface area contributed by atoms with Gasteiger partial charge in [-0.15, -0.1) is 0 Å². The molecule has 1 aliphatic heterocycles. The van der Waals surface area contributed by atoms with Gasteiger partial charge in [0.1, 0.15) is 5.75 Å². The second kappa shape index (κ2) is 6.33. The Morgan fingerprint density at radius 1 is 1.16 bits per heavy atom. The van der Waals surface area contributed by atoms with Crippen molar-refractivity contribution in [1.82, 2.24) is 0 Å². The van der Waals surface area contributed by atoms with Crippen molar-refractivity contribution < 1.29 is 23.8 Å². The van der Waals surface area contributed by atoms with E-state index in [2.05, 4.69) is 4.74 Å². The molecule has 1 aromatic rings. The number of methoxy groups -OCH3 is 1. The highest BCUT2D eigenvalue weighted by molar-refractivity contribution is 5.89. The van der Waals surface area contributed by atoms with Crippen LogP contribution in [0.25, 0.3) is 0 Å². The molecule has 19 heavy (non-hydrogen) atoms. The summed E-state index contributed by atoms with van der Waals surface area (Å²) >= 11 is 0. The number of rotatable bonds is 3. The molecule has 0 saturated carbocycles. The Balaban J connectivity index is 1.95. The Labute approximate surface area is 111 Å². The summed E-state index contributed by atoms with van der Waals surface area (Å²) in [6.07, 6.45) is 1.39. The van der Waals surface area contributed by atoms with E-state index in [0.29, 0.717) is 37.4 Å². The lowest BCUT2D eigenvalue weighted by molar-refractivity contribution is -0.141. The number of hydrogen-bond acceptors (Lipinski definition) is 5. The van der Waals surface area contributed by atoms with Crippen LogP contribution in [0.3, 0.4) is 0 Å². The Kier molecular flexibility index (Phi) is 4.52. The molecule has 0 bridgehead atoms. The Morgan fingerprint density at radius 2 is 1.79 bits per heavy atom. The first-order valence-electron chi connectivity index (χ1n) is 6.18. The maximum atomic E-state index is 11.9. The van der Waals surface area contributed by atoms with Gasteiger partial charge in [0.25, 0.3) is 0 Å². The fraction of sp³-hybridized carbons (Fsp3) is 0.429. The van der Waals surface area contributed by atoms with E-state index < -0.39 is 5.97 Å². The van der Waals surface area contributed by atoms with Crippen LogP contribution in [0.1, 0.15) is 23.2 Å². The van der Waals surface area contributed by atoms with E-state index in [0.717, 1.165) is 0 Å². The molecule has 5 nitrogen and oxygen atoms in total. The minimum atomic E-state index is -0.415. The molecule has 2 rings (SSSR count). The SMILES string of the molecule is COC(=O)c1ccc(OC(=O)C2CCOCC2)cc1. The highest BCUT2D eigenvalue weighted by Gasteiger charge is 2.23. The van der Waals surface area contributed by atoms with Gasteiger partial charge in [0.2, 0.25) is 0 Å². The molecule has 0 spiro atoms. The zero-order chi connectivity index (χ0) is 13.7. The van der Waals surface area contributed by atoms with Crippen molar-refractivity contribution in [3.8, 4) is 5.75 Å². The molecule has 5 heteroatoms. The van der Waals surface area contributed by atoms with Crippen LogP contribution in [-0.2, 0) is 14.3 Å². The van der Waals surface area contributed by atoms with Crippen LogP contribution in [0.5, 0.6) is 5.75 Å². The lowest BCUT2D eigenvalue weighted by Gasteiger charge is -2.20. The molecular weight excluding hydrogens is 248 g/mol. The van der Waals surface area contributed by atoms with Gasteiger partial charge in [-0.1, -0.05) is 0 Å². The summed E-state index contributed by atoms with van der Waals surface area (Å²) in [5, 5.41) is 0. The summed E-state index contributed by atoms with van der Waals surface area (Å²) in [5.74, 6) is -0.324. The number of carbonyl (C=O) groups excluding carboxylic acids is 2. The molecule has 1 heterocycles. The average molecular weight is 264 g/mol. The monoisotopic (exact) mass is 264 g/mol. The second-order valence-corrected chi connectivity index (χ2v) is 4.32. The molecule has 1 aliphatic rings. The van der Waals surface area contributed by atoms with Crippen LogP contribution >= 0.6 is 0 Å². The minimum Gasteiger partial charge on any atom is -0.465 e. The molecule has 0 atom stereocenters. The Bertz CT molecular complexity index is 445. The molecule has 0 unspecified atom stereocenters. The molecule has 0 aromatic heterocycles. The van der Waals surface area contributed by atoms with E-state index in [1.165, 1.54) is 7.11 Å². The molecule has 0 radical (unpaired) electrons. The first kappa shape index (κ1) is 13.5. The van der Waals surface area contributed by atoms with Crippen molar-refractivity contribution in [2.75, 3.05) is 20.3 Å². The van der Waals surface area contributed by atoms with Crippen molar-refractivity contribution in [1.29, 1.82) is 0 Å². The lowest BCUT2D eigenvalue weighted by Crippen LogP contribution is -2.27. The third kappa shape index (κ3) is 3.54. The van der Waals surface area contributed by atoms with E-state index in [1.54, 1.807) is 24.3 Å². The summed E-state index contributed by atoms with van der Waals surface area (Å²) in [6.45, 7) is 1.20. The van der Waals surface area contributed by atoms with E-state index in [1.807, 2.05) is 0 Å². The number of esters is 2. The molecule has 0 N–H and O–H groups in total. The molecule has 102 valence electrons. The van der Waals surface area contributed by atoms with Gasteiger partial charge in [-0.25, -0.2) is 4.79 Å². The fourth-order valence-corrected chi connectivity index (χ4v) is 1.91. The minimum absolute atomic E-state index is 0.103. The van der Waals surface area contributed by atoms with E-state index in [-0.39, 0.29) is 11.9 Å². The maximum absolute atomic E-state index is 11.9. The van der Waals surface area contributed by atoms with E-state index in [9.17, 15) is 9.59 Å². The number of hydrogen-bond donors (Lipinski definition) is 0. The molecule has 1 aromatic carbocycles. The number of benzene rings is 1. The van der Waals surface area contributed by atoms with Crippen LogP contribution in [-0.4, -0.2) is 32.3 Å². The highest BCUT2D eigenvalue weighted by Crippen LogP contribution is 2.19. The van der Waals surface area contributed by atoms with Crippen molar-refractivity contribution >= 4 is 11.9 Å². The van der Waals surface area contributed by atoms with Crippen LogP contribution in [0.15, 0.2) is 24.3 Å². The van der Waals surface area contributed by atoms with E-state index in [4.69, 9.17) is 9.47 Å². The normalized spacial score (nSPS) is 15.8. The summed E-state index contributed by atoms with van der Waals surface area (Å²) in [5.41, 5.74) is 0.424. The maximum Gasteiger partial charge on any atom is 0.337 e. The Morgan fingerprint density at radius 3 is 2.37 bits per heavy atom. The predicted octanol–water partition coefficient (Wildman–Crippen LogP) is 1.81. The molecular formula is C14H16O5. The molecule has 0 amide bonds. The van der Waals surface area contributed by atoms with Gasteiger partial charge in [-0.3, -0.25) is 4.79 Å². The standard InChI is InChI=1S/C14H16O5/c1-17-13(15)10-2-4-12(5-3-10)19-14(16)11-6-8-18-9-7-11/h2-5,11H,6-9H2,1H3. The van der Waals surface area contributed by atoms with Gasteiger partial charge < -0.3 is 14.2 Å². The largest absolute Gasteiger partial charge is 0.465 e. The van der Waals surface area contributed by atoms with Gasteiger partial charge in [-0.05, 0) is 37.1 Å². The quantitative estimate of drug-likeness (QED) is 0.615. The average Bonchev–Trinajstić information content (AvgIpc) is 2.48. The number of carbonyl (C=O) groups is 2. The van der Waals surface area contributed by atoms with Gasteiger partial charge in [0, 0.05) is 13.2 Å². The fourth-order valence-electron chi connectivity index (χ4n) is 1.91. The molecule has 1 fully saturated rings. The van der Waals surface area contributed by atoms with Crippen molar-refractivity contribution in [2.24, 2.45) is 5.92 Å². The van der Waals surface area contributed by atoms with Crippen LogP contribution < -0.4 is 4.74 Å². The zero-order valence-corrected chi connectivity index (χ0v) is 10.8. The Hall–Kier alpha value is -1.88. The third-order valence-corrected chi connectivity index (χ3v) is 3.05. The first-order valence-corrected chi connectivity index (χ1v) is 6.18. The lowest BCUT2D eigenvalue weighted by atomic mass is 10.0. The smallest absolute Gasteiger partial charge is 0.337 e. The second-order valence-electron chi connectivity index (χ2n) is 4.32. The number of ether oxygens (including phenoxy) is 3. The third-order valence-electron chi connectivity index (χ3n) is 3.05. The van der Waals surface area contributed by atoms with Crippen molar-refractivity contribution in [2.45, 2.75) is 12.8 Å². The summed E-state index contributed by atoms with van der Waals surface area (Å²) < 4.78 is 15.1. The summed E-state index contributed by atoms with van der Waals surface area (Å²) in [7, 11) is 1.32.